The van der Waals surface area contributed by atoms with E-state index in [4.69, 9.17) is 17.3 Å². The second-order valence-electron chi connectivity index (χ2n) is 8.44. The Bertz CT molecular complexity index is 1150. The van der Waals surface area contributed by atoms with E-state index in [1.807, 2.05) is 0 Å². The van der Waals surface area contributed by atoms with Gasteiger partial charge in [0.05, 0.1) is 18.2 Å². The van der Waals surface area contributed by atoms with E-state index in [0.717, 1.165) is 4.90 Å². The number of halogens is 6. The number of allylic oxidation sites excluding steroid dienone is 1. The number of aliphatic imine (C=N–C) groups is 1. The SMILES string of the molecule is CN=CC(=C(N)C(=O)N1CC(F)(F)C[C@@H](C)[C@H]1CNc1ncc(C(F)(F)F)cn1)c1cccc(Cl)c1. The second kappa shape index (κ2) is 10.8. The van der Waals surface area contributed by atoms with Crippen molar-refractivity contribution >= 4 is 35.2 Å². The largest absolute Gasteiger partial charge is 0.419 e. The molecule has 0 unspecified atom stereocenters. The fourth-order valence-corrected chi connectivity index (χ4v) is 4.19. The zero-order valence-electron chi connectivity index (χ0n) is 19.4. The van der Waals surface area contributed by atoms with E-state index in [2.05, 4.69) is 20.3 Å². The number of piperidine rings is 1. The van der Waals surface area contributed by atoms with Gasteiger partial charge in [-0.3, -0.25) is 9.79 Å². The molecule has 7 nitrogen and oxygen atoms in total. The highest BCUT2D eigenvalue weighted by Crippen LogP contribution is 2.35. The van der Waals surface area contributed by atoms with Gasteiger partial charge in [-0.15, -0.1) is 0 Å². The molecule has 3 rings (SSSR count). The quantitative estimate of drug-likeness (QED) is 0.326. The molecule has 2 aromatic rings. The van der Waals surface area contributed by atoms with Crippen molar-refractivity contribution in [3.63, 3.8) is 0 Å². The van der Waals surface area contributed by atoms with Gasteiger partial charge in [-0.1, -0.05) is 30.7 Å². The highest BCUT2D eigenvalue weighted by Gasteiger charge is 2.46. The molecule has 1 saturated heterocycles. The molecule has 1 aromatic carbocycles. The summed E-state index contributed by atoms with van der Waals surface area (Å²) in [4.78, 5) is 25.6. The van der Waals surface area contributed by atoms with Crippen LogP contribution in [-0.2, 0) is 11.0 Å². The molecule has 2 atom stereocenters. The summed E-state index contributed by atoms with van der Waals surface area (Å²) in [5, 5.41) is 3.12. The number of anilines is 1. The fourth-order valence-electron chi connectivity index (χ4n) is 4.00. The molecule has 194 valence electrons. The van der Waals surface area contributed by atoms with E-state index in [1.165, 1.54) is 13.3 Å². The molecule has 0 radical (unpaired) electrons. The van der Waals surface area contributed by atoms with Crippen LogP contribution >= 0.6 is 11.6 Å². The summed E-state index contributed by atoms with van der Waals surface area (Å²) < 4.78 is 67.3. The first-order chi connectivity index (χ1) is 16.8. The average molecular weight is 531 g/mol. The molecule has 0 saturated carbocycles. The van der Waals surface area contributed by atoms with E-state index >= 15 is 0 Å². The predicted octanol–water partition coefficient (Wildman–Crippen LogP) is 4.50. The molecule has 36 heavy (non-hydrogen) atoms. The van der Waals surface area contributed by atoms with Crippen LogP contribution in [0.5, 0.6) is 0 Å². The lowest BCUT2D eigenvalue weighted by atomic mass is 9.88. The fraction of sp³-hybridized carbons (Fsp3) is 0.391. The summed E-state index contributed by atoms with van der Waals surface area (Å²) in [6.45, 7) is 0.581. The maximum Gasteiger partial charge on any atom is 0.419 e. The third-order valence-electron chi connectivity index (χ3n) is 5.70. The number of hydrogen-bond donors (Lipinski definition) is 2. The smallest absolute Gasteiger partial charge is 0.394 e. The molecular formula is C23H24ClF5N6O. The number of rotatable bonds is 6. The zero-order chi connectivity index (χ0) is 26.7. The van der Waals surface area contributed by atoms with Gasteiger partial charge in [-0.2, -0.15) is 13.2 Å². The molecule has 1 fully saturated rings. The molecule has 0 bridgehead atoms. The molecular weight excluding hydrogens is 507 g/mol. The normalized spacial score (nSPS) is 20.8. The van der Waals surface area contributed by atoms with Crippen LogP contribution in [0.2, 0.25) is 5.02 Å². The van der Waals surface area contributed by atoms with Crippen LogP contribution in [0, 0.1) is 5.92 Å². The van der Waals surface area contributed by atoms with Gasteiger partial charge >= 0.3 is 6.18 Å². The van der Waals surface area contributed by atoms with Crippen LogP contribution in [0.1, 0.15) is 24.5 Å². The van der Waals surface area contributed by atoms with Gasteiger partial charge in [0.25, 0.3) is 11.8 Å². The lowest BCUT2D eigenvalue weighted by Crippen LogP contribution is -2.58. The van der Waals surface area contributed by atoms with E-state index in [9.17, 15) is 26.7 Å². The van der Waals surface area contributed by atoms with Gasteiger partial charge in [0.15, 0.2) is 0 Å². The van der Waals surface area contributed by atoms with E-state index in [1.54, 1.807) is 31.2 Å². The summed E-state index contributed by atoms with van der Waals surface area (Å²) in [5.41, 5.74) is 5.54. The van der Waals surface area contributed by atoms with Gasteiger partial charge < -0.3 is 16.0 Å². The van der Waals surface area contributed by atoms with Gasteiger partial charge in [-0.25, -0.2) is 18.7 Å². The molecule has 2 heterocycles. The number of carbonyl (C=O) groups excluding carboxylic acids is 1. The Morgan fingerprint density at radius 3 is 2.58 bits per heavy atom. The van der Waals surface area contributed by atoms with Gasteiger partial charge in [-0.05, 0) is 23.6 Å². The van der Waals surface area contributed by atoms with E-state index in [-0.39, 0.29) is 23.8 Å². The van der Waals surface area contributed by atoms with Crippen molar-refractivity contribution in [2.45, 2.75) is 31.5 Å². The number of likely N-dealkylation sites (tertiary alicyclic amines) is 1. The molecule has 1 aliphatic heterocycles. The van der Waals surface area contributed by atoms with E-state index < -0.39 is 48.5 Å². The Hall–Kier alpha value is -3.28. The number of aromatic nitrogens is 2. The Balaban J connectivity index is 1.90. The van der Waals surface area contributed by atoms with E-state index in [0.29, 0.717) is 23.0 Å². The summed E-state index contributed by atoms with van der Waals surface area (Å²) in [6, 6.07) is 5.71. The van der Waals surface area contributed by atoms with Crippen LogP contribution < -0.4 is 11.1 Å². The van der Waals surface area contributed by atoms with Gasteiger partial charge in [0.2, 0.25) is 5.95 Å². The van der Waals surface area contributed by atoms with Crippen molar-refractivity contribution in [2.75, 3.05) is 25.5 Å². The van der Waals surface area contributed by atoms with Crippen molar-refractivity contribution in [1.29, 1.82) is 0 Å². The first-order valence-corrected chi connectivity index (χ1v) is 11.2. The summed E-state index contributed by atoms with van der Waals surface area (Å²) in [5.74, 6) is -4.81. The highest BCUT2D eigenvalue weighted by molar-refractivity contribution is 6.31. The topological polar surface area (TPSA) is 96.5 Å². The predicted molar refractivity (Wildman–Crippen MR) is 127 cm³/mol. The first kappa shape index (κ1) is 27.3. The number of benzene rings is 1. The number of amides is 1. The van der Waals surface area contributed by atoms with Crippen molar-refractivity contribution < 1.29 is 26.7 Å². The highest BCUT2D eigenvalue weighted by atomic mass is 35.5. The maximum absolute atomic E-state index is 14.5. The number of carbonyl (C=O) groups is 1. The van der Waals surface area contributed by atoms with Crippen molar-refractivity contribution in [3.8, 4) is 0 Å². The minimum atomic E-state index is -4.60. The summed E-state index contributed by atoms with van der Waals surface area (Å²) in [6.07, 6.45) is -2.53. The number of nitrogens with one attached hydrogen (secondary N) is 1. The lowest BCUT2D eigenvalue weighted by molar-refractivity contribution is -0.148. The number of alkyl halides is 5. The van der Waals surface area contributed by atoms with Crippen molar-refractivity contribution in [1.82, 2.24) is 14.9 Å². The molecule has 1 amide bonds. The average Bonchev–Trinajstić information content (AvgIpc) is 2.80. The minimum absolute atomic E-state index is 0.0873. The minimum Gasteiger partial charge on any atom is -0.394 e. The Morgan fingerprint density at radius 1 is 1.33 bits per heavy atom. The molecule has 1 aliphatic rings. The van der Waals surface area contributed by atoms with Crippen LogP contribution in [0.3, 0.4) is 0 Å². The lowest BCUT2D eigenvalue weighted by Gasteiger charge is -2.43. The Kier molecular flexibility index (Phi) is 8.17. The number of nitrogens with zero attached hydrogens (tertiary/aromatic N) is 4. The maximum atomic E-state index is 14.5. The van der Waals surface area contributed by atoms with Crippen molar-refractivity contribution in [2.24, 2.45) is 16.6 Å². The molecule has 13 heteroatoms. The number of hydrogen-bond acceptors (Lipinski definition) is 6. The second-order valence-corrected chi connectivity index (χ2v) is 8.87. The zero-order valence-corrected chi connectivity index (χ0v) is 20.1. The monoisotopic (exact) mass is 530 g/mol. The Labute approximate surface area is 209 Å². The summed E-state index contributed by atoms with van der Waals surface area (Å²) >= 11 is 6.05. The molecule has 1 aromatic heterocycles. The summed E-state index contributed by atoms with van der Waals surface area (Å²) in [7, 11) is 1.47. The molecule has 0 spiro atoms. The van der Waals surface area contributed by atoms with Crippen LogP contribution in [0.25, 0.3) is 5.57 Å². The molecule has 3 N–H and O–H groups in total. The molecule has 0 aliphatic carbocycles. The van der Waals surface area contributed by atoms with Gasteiger partial charge in [0.1, 0.15) is 5.70 Å². The third kappa shape index (κ3) is 6.48. The first-order valence-electron chi connectivity index (χ1n) is 10.8. The third-order valence-corrected chi connectivity index (χ3v) is 5.94. The Morgan fingerprint density at radius 2 is 2.00 bits per heavy atom. The van der Waals surface area contributed by atoms with Crippen LogP contribution in [0.15, 0.2) is 47.3 Å². The van der Waals surface area contributed by atoms with Crippen molar-refractivity contribution in [3.05, 3.63) is 58.5 Å². The standard InChI is InChI=1S/C23H24ClF5N6O/c1-13-7-22(25,26)12-35(18(13)11-34-21-32-8-15(9-33-21)23(27,28)29)20(36)19(30)17(10-31-2)14-4-3-5-16(24)6-14/h3-6,8-10,13,18H,7,11-12,30H2,1-2H3,(H,32,33,34)/t13-,18-/m1/s1. The van der Waals surface area contributed by atoms with Crippen LogP contribution in [-0.4, -0.2) is 59.1 Å². The number of nitrogens with two attached hydrogens (primary N) is 1. The van der Waals surface area contributed by atoms with Gasteiger partial charge in [0, 0.05) is 49.2 Å². The van der Waals surface area contributed by atoms with Crippen LogP contribution in [0.4, 0.5) is 27.9 Å².